The maximum atomic E-state index is 12.9. The molecule has 0 unspecified atom stereocenters. The van der Waals surface area contributed by atoms with E-state index in [9.17, 15) is 17.6 Å². The second-order valence-electron chi connectivity index (χ2n) is 2.18. The van der Waals surface area contributed by atoms with E-state index in [0.29, 0.717) is 0 Å². The fraction of sp³-hybridized carbons (Fsp3) is 0.143. The molecule has 0 aromatic heterocycles. The highest BCUT2D eigenvalue weighted by molar-refractivity contribution is 9.13. The molecular formula is C7H2Br2F4O. The first-order valence-corrected chi connectivity index (χ1v) is 4.80. The Bertz CT molecular complexity index is 356. The van der Waals surface area contributed by atoms with Gasteiger partial charge in [0.2, 0.25) is 5.82 Å². The zero-order valence-corrected chi connectivity index (χ0v) is 9.50. The van der Waals surface area contributed by atoms with Crippen LogP contribution in [0.5, 0.6) is 5.75 Å². The lowest BCUT2D eigenvalue weighted by Crippen LogP contribution is -2.05. The van der Waals surface area contributed by atoms with Crippen molar-refractivity contribution in [3.63, 3.8) is 0 Å². The summed E-state index contributed by atoms with van der Waals surface area (Å²) >= 11 is 5.57. The Morgan fingerprint density at radius 1 is 1.14 bits per heavy atom. The van der Waals surface area contributed by atoms with Gasteiger partial charge >= 0.3 is 6.61 Å². The standard InChI is InChI=1S/C7H2Br2F4O/c8-2-1-3(14-7(12)13)5(10)6(11)4(2)9/h1,7H. The van der Waals surface area contributed by atoms with Crippen molar-refractivity contribution in [1.29, 1.82) is 0 Å². The second kappa shape index (κ2) is 4.48. The molecule has 1 nitrogen and oxygen atoms in total. The van der Waals surface area contributed by atoms with Crippen molar-refractivity contribution in [1.82, 2.24) is 0 Å². The van der Waals surface area contributed by atoms with Gasteiger partial charge in [-0.25, -0.2) is 4.39 Å². The number of alkyl halides is 2. The van der Waals surface area contributed by atoms with Crippen LogP contribution in [0.4, 0.5) is 17.6 Å². The Kier molecular flexibility index (Phi) is 3.77. The minimum absolute atomic E-state index is 0.0899. The zero-order valence-electron chi connectivity index (χ0n) is 6.33. The predicted molar refractivity (Wildman–Crippen MR) is 48.4 cm³/mol. The maximum absolute atomic E-state index is 12.9. The molecule has 0 aliphatic heterocycles. The first kappa shape index (κ1) is 11.8. The maximum Gasteiger partial charge on any atom is 0.387 e. The lowest BCUT2D eigenvalue weighted by molar-refractivity contribution is -0.0525. The van der Waals surface area contributed by atoms with Crippen molar-refractivity contribution in [2.24, 2.45) is 0 Å². The first-order valence-electron chi connectivity index (χ1n) is 3.21. The molecule has 0 saturated carbocycles. The van der Waals surface area contributed by atoms with Gasteiger partial charge in [-0.3, -0.25) is 0 Å². The largest absolute Gasteiger partial charge is 0.432 e. The summed E-state index contributed by atoms with van der Waals surface area (Å²) in [6.07, 6.45) is 0. The van der Waals surface area contributed by atoms with Crippen LogP contribution in [-0.2, 0) is 0 Å². The second-order valence-corrected chi connectivity index (χ2v) is 3.82. The Morgan fingerprint density at radius 2 is 1.71 bits per heavy atom. The Morgan fingerprint density at radius 3 is 2.21 bits per heavy atom. The van der Waals surface area contributed by atoms with E-state index in [1.54, 1.807) is 0 Å². The van der Waals surface area contributed by atoms with Gasteiger partial charge in [0.05, 0.1) is 4.47 Å². The third-order valence-electron chi connectivity index (χ3n) is 1.29. The van der Waals surface area contributed by atoms with E-state index in [1.165, 1.54) is 0 Å². The monoisotopic (exact) mass is 336 g/mol. The van der Waals surface area contributed by atoms with Crippen LogP contribution in [0.2, 0.25) is 0 Å². The third kappa shape index (κ3) is 2.38. The van der Waals surface area contributed by atoms with Gasteiger partial charge in [0.15, 0.2) is 11.6 Å². The summed E-state index contributed by atoms with van der Waals surface area (Å²) in [4.78, 5) is 0. The summed E-state index contributed by atoms with van der Waals surface area (Å²) in [6.45, 7) is -3.20. The van der Waals surface area contributed by atoms with E-state index in [4.69, 9.17) is 0 Å². The van der Waals surface area contributed by atoms with Gasteiger partial charge in [-0.1, -0.05) is 0 Å². The molecule has 0 amide bonds. The van der Waals surface area contributed by atoms with E-state index < -0.39 is 24.0 Å². The van der Waals surface area contributed by atoms with Gasteiger partial charge in [-0.2, -0.15) is 13.2 Å². The van der Waals surface area contributed by atoms with E-state index in [0.717, 1.165) is 6.07 Å². The summed E-state index contributed by atoms with van der Waals surface area (Å²) in [5.74, 6) is -3.58. The van der Waals surface area contributed by atoms with Gasteiger partial charge < -0.3 is 4.74 Å². The molecule has 78 valence electrons. The van der Waals surface area contributed by atoms with Gasteiger partial charge in [-0.05, 0) is 37.9 Å². The fourth-order valence-corrected chi connectivity index (χ4v) is 1.40. The van der Waals surface area contributed by atoms with Crippen LogP contribution in [0.1, 0.15) is 0 Å². The van der Waals surface area contributed by atoms with E-state index in [1.807, 2.05) is 0 Å². The minimum atomic E-state index is -3.20. The van der Waals surface area contributed by atoms with Crippen LogP contribution >= 0.6 is 31.9 Å². The van der Waals surface area contributed by atoms with Crippen molar-refractivity contribution >= 4 is 31.9 Å². The fourth-order valence-electron chi connectivity index (χ4n) is 0.733. The third-order valence-corrected chi connectivity index (χ3v) is 3.22. The summed E-state index contributed by atoms with van der Waals surface area (Å²) in [7, 11) is 0. The summed E-state index contributed by atoms with van der Waals surface area (Å²) in [6, 6.07) is 0.911. The molecular weight excluding hydrogens is 336 g/mol. The summed E-state index contributed by atoms with van der Waals surface area (Å²) in [5.41, 5.74) is 0. The molecule has 1 aromatic carbocycles. The molecule has 0 atom stereocenters. The SMILES string of the molecule is Fc1c(OC(F)F)cc(Br)c(Br)c1F. The molecule has 0 heterocycles. The van der Waals surface area contributed by atoms with Crippen LogP contribution in [-0.4, -0.2) is 6.61 Å². The van der Waals surface area contributed by atoms with Crippen molar-refractivity contribution in [2.45, 2.75) is 6.61 Å². The quantitative estimate of drug-likeness (QED) is 0.448. The lowest BCUT2D eigenvalue weighted by Gasteiger charge is -2.08. The number of ether oxygens (including phenoxy) is 1. The smallest absolute Gasteiger partial charge is 0.387 e. The normalized spacial score (nSPS) is 10.8. The predicted octanol–water partition coefficient (Wildman–Crippen LogP) is 4.09. The highest BCUT2D eigenvalue weighted by atomic mass is 79.9. The van der Waals surface area contributed by atoms with Gasteiger partial charge in [0.25, 0.3) is 0 Å². The molecule has 0 aliphatic carbocycles. The molecule has 1 rings (SSSR count). The number of rotatable bonds is 2. The molecule has 0 fully saturated rings. The topological polar surface area (TPSA) is 9.23 Å². The highest BCUT2D eigenvalue weighted by Crippen LogP contribution is 2.34. The van der Waals surface area contributed by atoms with E-state index >= 15 is 0 Å². The lowest BCUT2D eigenvalue weighted by atomic mass is 10.3. The van der Waals surface area contributed by atoms with Crippen molar-refractivity contribution in [2.75, 3.05) is 0 Å². The van der Waals surface area contributed by atoms with Crippen LogP contribution in [0.3, 0.4) is 0 Å². The average molecular weight is 338 g/mol. The molecule has 0 bridgehead atoms. The van der Waals surface area contributed by atoms with Gasteiger partial charge in [-0.15, -0.1) is 0 Å². The van der Waals surface area contributed by atoms with Crippen LogP contribution in [0.15, 0.2) is 15.0 Å². The Labute approximate surface area is 93.3 Å². The minimum Gasteiger partial charge on any atom is -0.432 e. The van der Waals surface area contributed by atoms with Crippen molar-refractivity contribution < 1.29 is 22.3 Å². The van der Waals surface area contributed by atoms with Crippen molar-refractivity contribution in [3.8, 4) is 5.75 Å². The van der Waals surface area contributed by atoms with Crippen LogP contribution in [0.25, 0.3) is 0 Å². The summed E-state index contributed by atoms with van der Waals surface area (Å²) in [5, 5.41) is 0. The number of halogens is 6. The van der Waals surface area contributed by atoms with Crippen LogP contribution in [0, 0.1) is 11.6 Å². The number of benzene rings is 1. The molecule has 0 saturated heterocycles. The molecule has 0 spiro atoms. The first-order chi connectivity index (χ1) is 6.43. The molecule has 1 aromatic rings. The number of hydrogen-bond donors (Lipinski definition) is 0. The van der Waals surface area contributed by atoms with Gasteiger partial charge in [0, 0.05) is 4.47 Å². The summed E-state index contributed by atoms with van der Waals surface area (Å²) < 4.78 is 53.0. The Hall–Kier alpha value is -0.300. The Balaban J connectivity index is 3.19. The van der Waals surface area contributed by atoms with Gasteiger partial charge in [0.1, 0.15) is 0 Å². The molecule has 0 radical (unpaired) electrons. The van der Waals surface area contributed by atoms with Crippen LogP contribution < -0.4 is 4.74 Å². The highest BCUT2D eigenvalue weighted by Gasteiger charge is 2.18. The molecule has 0 N–H and O–H groups in total. The molecule has 7 heteroatoms. The number of hydrogen-bond acceptors (Lipinski definition) is 1. The molecule has 14 heavy (non-hydrogen) atoms. The average Bonchev–Trinajstić information content (AvgIpc) is 2.10. The van der Waals surface area contributed by atoms with Crippen molar-refractivity contribution in [3.05, 3.63) is 26.6 Å². The zero-order chi connectivity index (χ0) is 10.9. The molecule has 0 aliphatic rings. The van der Waals surface area contributed by atoms with E-state index in [2.05, 4.69) is 36.6 Å². The van der Waals surface area contributed by atoms with E-state index in [-0.39, 0.29) is 8.95 Å².